The lowest BCUT2D eigenvalue weighted by molar-refractivity contribution is -0.151. The molecule has 2 atom stereocenters. The Bertz CT molecular complexity index is 596. The van der Waals surface area contributed by atoms with Gasteiger partial charge in [0.2, 0.25) is 0 Å². The van der Waals surface area contributed by atoms with Crippen LogP contribution in [0.4, 0.5) is 0 Å². The van der Waals surface area contributed by atoms with E-state index in [1.807, 2.05) is 19.9 Å². The summed E-state index contributed by atoms with van der Waals surface area (Å²) in [6.07, 6.45) is 16.6. The van der Waals surface area contributed by atoms with Gasteiger partial charge in [0.25, 0.3) is 0 Å². The van der Waals surface area contributed by atoms with Crippen molar-refractivity contribution in [2.75, 3.05) is 0 Å². The van der Waals surface area contributed by atoms with Gasteiger partial charge in [-0.15, -0.1) is 0 Å². The largest absolute Gasteiger partial charge is 0.491 e. The van der Waals surface area contributed by atoms with Gasteiger partial charge in [0, 0.05) is 12.3 Å². The first-order valence-electron chi connectivity index (χ1n) is 12.6. The maximum absolute atomic E-state index is 12.5. The second kappa shape index (κ2) is 14.5. The molecule has 0 heterocycles. The average molecular weight is 417 g/mol. The number of carbonyl (C=O) groups is 1. The number of ether oxygens (including phenoxy) is 2. The molecule has 2 rings (SSSR count). The normalized spacial score (nSPS) is 19.1. The molecular weight excluding hydrogens is 372 g/mol. The monoisotopic (exact) mass is 416 g/mol. The summed E-state index contributed by atoms with van der Waals surface area (Å²) in [7, 11) is 0. The molecular formula is C27H44O3. The minimum atomic E-state index is -0.00979. The molecule has 0 aliphatic heterocycles. The van der Waals surface area contributed by atoms with Crippen molar-refractivity contribution in [1.82, 2.24) is 0 Å². The van der Waals surface area contributed by atoms with Crippen LogP contribution < -0.4 is 4.74 Å². The number of unbranched alkanes of at least 4 members (excludes halogenated alkanes) is 8. The lowest BCUT2D eigenvalue weighted by atomic mass is 9.81. The van der Waals surface area contributed by atoms with Crippen molar-refractivity contribution in [2.24, 2.45) is 0 Å². The molecule has 0 bridgehead atoms. The Morgan fingerprint density at radius 2 is 1.63 bits per heavy atom. The maximum Gasteiger partial charge on any atom is 0.306 e. The zero-order valence-corrected chi connectivity index (χ0v) is 19.7. The average Bonchev–Trinajstić information content (AvgIpc) is 2.72. The van der Waals surface area contributed by atoms with Gasteiger partial charge in [-0.2, -0.15) is 0 Å². The summed E-state index contributed by atoms with van der Waals surface area (Å²) in [6, 6.07) is 8.36. The molecule has 30 heavy (non-hydrogen) atoms. The van der Waals surface area contributed by atoms with Gasteiger partial charge in [-0.25, -0.2) is 0 Å². The van der Waals surface area contributed by atoms with Gasteiger partial charge in [0.15, 0.2) is 0 Å². The summed E-state index contributed by atoms with van der Waals surface area (Å²) in [5.74, 6) is 1.19. The van der Waals surface area contributed by atoms with Crippen molar-refractivity contribution in [3.05, 3.63) is 29.8 Å². The van der Waals surface area contributed by atoms with Crippen LogP contribution in [0.2, 0.25) is 0 Å². The van der Waals surface area contributed by atoms with E-state index >= 15 is 0 Å². The quantitative estimate of drug-likeness (QED) is 0.228. The van der Waals surface area contributed by atoms with Crippen molar-refractivity contribution < 1.29 is 14.3 Å². The highest BCUT2D eigenvalue weighted by atomic mass is 16.5. The second-order valence-corrected chi connectivity index (χ2v) is 9.24. The molecule has 0 unspecified atom stereocenters. The highest BCUT2D eigenvalue weighted by Crippen LogP contribution is 2.36. The van der Waals surface area contributed by atoms with Crippen LogP contribution in [0.25, 0.3) is 0 Å². The number of hydrogen-bond donors (Lipinski definition) is 0. The van der Waals surface area contributed by atoms with E-state index in [1.165, 1.54) is 56.9 Å². The minimum absolute atomic E-state index is 0.00979. The summed E-state index contributed by atoms with van der Waals surface area (Å²) >= 11 is 0. The van der Waals surface area contributed by atoms with Crippen LogP contribution in [0, 0.1) is 0 Å². The molecule has 1 aromatic rings. The van der Waals surface area contributed by atoms with Crippen molar-refractivity contribution in [3.8, 4) is 5.75 Å². The van der Waals surface area contributed by atoms with E-state index in [-0.39, 0.29) is 18.2 Å². The highest BCUT2D eigenvalue weighted by Gasteiger charge is 2.29. The lowest BCUT2D eigenvalue weighted by Gasteiger charge is -2.31. The third kappa shape index (κ3) is 9.53. The van der Waals surface area contributed by atoms with Crippen LogP contribution in [0.1, 0.15) is 122 Å². The van der Waals surface area contributed by atoms with Gasteiger partial charge < -0.3 is 9.47 Å². The van der Waals surface area contributed by atoms with E-state index in [9.17, 15) is 4.79 Å². The van der Waals surface area contributed by atoms with Crippen LogP contribution in [0.5, 0.6) is 5.75 Å². The highest BCUT2D eigenvalue weighted by molar-refractivity contribution is 5.69. The Hall–Kier alpha value is -1.51. The van der Waals surface area contributed by atoms with Crippen molar-refractivity contribution in [1.29, 1.82) is 0 Å². The predicted octanol–water partition coefficient (Wildman–Crippen LogP) is 7.96. The summed E-state index contributed by atoms with van der Waals surface area (Å²) < 4.78 is 11.8. The Kier molecular flexibility index (Phi) is 12.0. The van der Waals surface area contributed by atoms with Crippen LogP contribution in [-0.2, 0) is 9.53 Å². The van der Waals surface area contributed by atoms with E-state index < -0.39 is 0 Å². The van der Waals surface area contributed by atoms with E-state index in [1.54, 1.807) is 0 Å². The van der Waals surface area contributed by atoms with E-state index in [0.717, 1.165) is 37.9 Å². The number of hydrogen-bond acceptors (Lipinski definition) is 3. The van der Waals surface area contributed by atoms with Crippen molar-refractivity contribution >= 4 is 5.97 Å². The molecule has 3 heteroatoms. The Labute approximate surface area is 184 Å². The topological polar surface area (TPSA) is 35.5 Å². The zero-order chi connectivity index (χ0) is 21.6. The molecule has 1 aliphatic rings. The first-order chi connectivity index (χ1) is 14.6. The fraction of sp³-hybridized carbons (Fsp3) is 0.741. The zero-order valence-electron chi connectivity index (χ0n) is 19.7. The molecule has 0 radical (unpaired) electrons. The second-order valence-electron chi connectivity index (χ2n) is 9.24. The van der Waals surface area contributed by atoms with Gasteiger partial charge in [-0.1, -0.05) is 76.8 Å². The Morgan fingerprint density at radius 3 is 2.33 bits per heavy atom. The Balaban J connectivity index is 1.72. The predicted molar refractivity (Wildman–Crippen MR) is 125 cm³/mol. The van der Waals surface area contributed by atoms with E-state index in [4.69, 9.17) is 9.47 Å². The fourth-order valence-electron chi connectivity index (χ4n) is 4.52. The van der Waals surface area contributed by atoms with Crippen LogP contribution in [0.15, 0.2) is 24.3 Å². The molecule has 1 fully saturated rings. The lowest BCUT2D eigenvalue weighted by Crippen LogP contribution is -2.28. The number of esters is 1. The van der Waals surface area contributed by atoms with Gasteiger partial charge >= 0.3 is 5.97 Å². The van der Waals surface area contributed by atoms with E-state index in [0.29, 0.717) is 12.3 Å². The fourth-order valence-corrected chi connectivity index (χ4v) is 4.52. The summed E-state index contributed by atoms with van der Waals surface area (Å²) in [5.41, 5.74) is 1.24. The molecule has 1 aliphatic carbocycles. The first-order valence-corrected chi connectivity index (χ1v) is 12.6. The smallest absolute Gasteiger partial charge is 0.306 e. The van der Waals surface area contributed by atoms with Crippen LogP contribution in [-0.4, -0.2) is 18.2 Å². The van der Waals surface area contributed by atoms with Crippen LogP contribution >= 0.6 is 0 Å². The van der Waals surface area contributed by atoms with Crippen molar-refractivity contribution in [2.45, 2.75) is 129 Å². The summed E-state index contributed by atoms with van der Waals surface area (Å²) in [4.78, 5) is 12.5. The molecule has 3 nitrogen and oxygen atoms in total. The number of carbonyl (C=O) groups excluding carboxylic acids is 1. The van der Waals surface area contributed by atoms with E-state index in [2.05, 4.69) is 25.1 Å². The molecule has 1 aromatic carbocycles. The molecule has 0 N–H and O–H groups in total. The van der Waals surface area contributed by atoms with Crippen LogP contribution in [0.3, 0.4) is 0 Å². The maximum atomic E-state index is 12.5. The third-order valence-corrected chi connectivity index (χ3v) is 6.13. The van der Waals surface area contributed by atoms with Gasteiger partial charge in [-0.3, -0.25) is 4.79 Å². The molecule has 170 valence electrons. The molecule has 0 amide bonds. The van der Waals surface area contributed by atoms with Gasteiger partial charge in [0.05, 0.1) is 6.10 Å². The van der Waals surface area contributed by atoms with Gasteiger partial charge in [0.1, 0.15) is 11.9 Å². The number of rotatable bonds is 14. The van der Waals surface area contributed by atoms with Gasteiger partial charge in [-0.05, 0) is 57.2 Å². The SMILES string of the molecule is CCCCCCCCCCCC(=O)O[C@H]1CCCC[C@@H]1c1cccc(OC(C)C)c1. The standard InChI is InChI=1S/C27H44O3/c1-4-5-6-7-8-9-10-11-12-20-27(28)30-26-19-14-13-18-25(26)23-16-15-17-24(21-23)29-22(2)3/h15-17,21-22,25-26H,4-14,18-20H2,1-3H3/t25-,26+/m1/s1. The minimum Gasteiger partial charge on any atom is -0.491 e. The third-order valence-electron chi connectivity index (χ3n) is 6.13. The molecule has 0 spiro atoms. The molecule has 0 saturated heterocycles. The molecule has 0 aromatic heterocycles. The first kappa shape index (κ1) is 24.8. The summed E-state index contributed by atoms with van der Waals surface area (Å²) in [5, 5.41) is 0. The number of benzene rings is 1. The van der Waals surface area contributed by atoms with Crippen molar-refractivity contribution in [3.63, 3.8) is 0 Å². The molecule has 1 saturated carbocycles. The summed E-state index contributed by atoms with van der Waals surface area (Å²) in [6.45, 7) is 6.35. The Morgan fingerprint density at radius 1 is 0.967 bits per heavy atom.